The Morgan fingerprint density at radius 3 is 2.52 bits per heavy atom. The third kappa shape index (κ3) is 6.00. The van der Waals surface area contributed by atoms with Crippen molar-refractivity contribution in [2.75, 3.05) is 0 Å². The van der Waals surface area contributed by atoms with Gasteiger partial charge >= 0.3 is 6.18 Å². The average Bonchev–Trinajstić information content (AvgIpc) is 3.50. The van der Waals surface area contributed by atoms with Crippen LogP contribution in [0.5, 0.6) is 0 Å². The molecule has 0 aliphatic heterocycles. The molecule has 7 nitrogen and oxygen atoms in total. The van der Waals surface area contributed by atoms with Gasteiger partial charge in [0.2, 0.25) is 11.7 Å². The van der Waals surface area contributed by atoms with Crippen LogP contribution in [-0.4, -0.2) is 36.4 Å². The lowest BCUT2D eigenvalue weighted by Crippen LogP contribution is -2.35. The second-order valence-electron chi connectivity index (χ2n) is 10.7. The summed E-state index contributed by atoms with van der Waals surface area (Å²) in [6.45, 7) is 1.85. The largest absolute Gasteiger partial charge is 0.435 e. The molecule has 2 aliphatic carbocycles. The molecule has 2 N–H and O–H groups in total. The van der Waals surface area contributed by atoms with Crippen LogP contribution < -0.4 is 5.32 Å². The molecule has 3 atom stereocenters. The van der Waals surface area contributed by atoms with E-state index in [9.17, 15) is 40.6 Å². The van der Waals surface area contributed by atoms with E-state index in [1.165, 1.54) is 20.0 Å². The van der Waals surface area contributed by atoms with Crippen molar-refractivity contribution in [2.45, 2.75) is 62.9 Å². The van der Waals surface area contributed by atoms with E-state index in [1.54, 1.807) is 0 Å². The molecule has 2 aliphatic rings. The van der Waals surface area contributed by atoms with Crippen LogP contribution in [0.1, 0.15) is 66.3 Å². The first-order valence-corrected chi connectivity index (χ1v) is 13.3. The predicted molar refractivity (Wildman–Crippen MR) is 136 cm³/mol. The monoisotopic (exact) mass is 659 g/mol. The molecular weight excluding hydrogens is 639 g/mol. The van der Waals surface area contributed by atoms with Crippen molar-refractivity contribution >= 4 is 21.8 Å². The number of rotatable bonds is 6. The fraction of sp³-hybridized carbons (Fsp3) is 0.407. The highest BCUT2D eigenvalue weighted by molar-refractivity contribution is 9.10. The lowest BCUT2D eigenvalue weighted by atomic mass is 10.0. The van der Waals surface area contributed by atoms with Gasteiger partial charge in [-0.3, -0.25) is 9.48 Å². The molecule has 0 radical (unpaired) electrons. The van der Waals surface area contributed by atoms with Crippen LogP contribution in [0.2, 0.25) is 0 Å². The Morgan fingerprint density at radius 1 is 1.24 bits per heavy atom. The van der Waals surface area contributed by atoms with Gasteiger partial charge in [0.25, 0.3) is 5.92 Å². The standard InChI is InChI=1S/C27H21BrF7N5O2/c1-25(2,42)4-3-19-36-10-17(28)22(38-19)18(7-12-5-13(29)8-14(30)6-12)37-20(41)11-40-24-21(23(39-40)27(33,34)35)15-9-16(15)26(24,31)32/h5-6,8,10,15-16,18,42H,7,9,11H2,1-2H3,(H,37,41)/t15-,16+,18-/m0/s1. The minimum atomic E-state index is -5.00. The quantitative estimate of drug-likeness (QED) is 0.282. The fourth-order valence-electron chi connectivity index (χ4n) is 5.04. The number of alkyl halides is 5. The molecule has 3 aromatic rings. The number of hydrogen-bond donors (Lipinski definition) is 2. The van der Waals surface area contributed by atoms with E-state index in [0.29, 0.717) is 10.7 Å². The zero-order valence-electron chi connectivity index (χ0n) is 21.8. The number of halogens is 8. The van der Waals surface area contributed by atoms with E-state index >= 15 is 0 Å². The molecule has 2 heterocycles. The highest BCUT2D eigenvalue weighted by atomic mass is 79.9. The fourth-order valence-corrected chi connectivity index (χ4v) is 5.51. The summed E-state index contributed by atoms with van der Waals surface area (Å²) in [5.41, 5.74) is -4.23. The number of nitrogens with one attached hydrogen (secondary N) is 1. The van der Waals surface area contributed by atoms with Crippen molar-refractivity contribution < 1.29 is 40.6 Å². The van der Waals surface area contributed by atoms with Gasteiger partial charge in [0.1, 0.15) is 29.5 Å². The van der Waals surface area contributed by atoms with Crippen LogP contribution in [0.15, 0.2) is 28.9 Å². The van der Waals surface area contributed by atoms with Gasteiger partial charge in [0, 0.05) is 23.7 Å². The van der Waals surface area contributed by atoms with E-state index in [2.05, 4.69) is 48.2 Å². The molecule has 1 fully saturated rings. The van der Waals surface area contributed by atoms with Crippen LogP contribution in [0, 0.1) is 29.4 Å². The minimum Gasteiger partial charge on any atom is -0.378 e. The molecule has 0 bridgehead atoms. The minimum absolute atomic E-state index is 0.0660. The second-order valence-corrected chi connectivity index (χ2v) is 11.5. The average molecular weight is 660 g/mol. The third-order valence-electron chi connectivity index (χ3n) is 6.77. The Hall–Kier alpha value is -3.51. The maximum Gasteiger partial charge on any atom is 0.435 e. The molecule has 0 spiro atoms. The lowest BCUT2D eigenvalue weighted by molar-refractivity contribution is -0.142. The number of aromatic nitrogens is 4. The maximum atomic E-state index is 14.9. The summed E-state index contributed by atoms with van der Waals surface area (Å²) in [4.78, 5) is 21.5. The van der Waals surface area contributed by atoms with Gasteiger partial charge in [0.05, 0.1) is 16.2 Å². The molecule has 1 saturated carbocycles. The number of fused-ring (bicyclic) bond motifs is 3. The molecule has 2 aromatic heterocycles. The lowest BCUT2D eigenvalue weighted by Gasteiger charge is -2.21. The zero-order chi connectivity index (χ0) is 30.8. The van der Waals surface area contributed by atoms with E-state index in [-0.39, 0.29) is 34.4 Å². The highest BCUT2D eigenvalue weighted by Gasteiger charge is 2.68. The number of benzene rings is 1. The summed E-state index contributed by atoms with van der Waals surface area (Å²) >= 11 is 3.25. The summed E-state index contributed by atoms with van der Waals surface area (Å²) in [6.07, 6.45) is -4.09. The molecule has 222 valence electrons. The van der Waals surface area contributed by atoms with Gasteiger partial charge < -0.3 is 10.4 Å². The molecule has 15 heteroatoms. The number of nitrogens with zero attached hydrogens (tertiary/aromatic N) is 4. The van der Waals surface area contributed by atoms with Gasteiger partial charge in [-0.2, -0.15) is 27.1 Å². The summed E-state index contributed by atoms with van der Waals surface area (Å²) < 4.78 is 99.4. The summed E-state index contributed by atoms with van der Waals surface area (Å²) in [5.74, 6) is -3.68. The van der Waals surface area contributed by atoms with E-state index < -0.39 is 76.6 Å². The van der Waals surface area contributed by atoms with Crippen LogP contribution >= 0.6 is 15.9 Å². The normalized spacial score (nSPS) is 19.4. The predicted octanol–water partition coefficient (Wildman–Crippen LogP) is 5.16. The van der Waals surface area contributed by atoms with E-state index in [4.69, 9.17) is 0 Å². The molecule has 0 unspecified atom stereocenters. The smallest absolute Gasteiger partial charge is 0.378 e. The molecule has 42 heavy (non-hydrogen) atoms. The van der Waals surface area contributed by atoms with E-state index in [1.807, 2.05) is 0 Å². The highest BCUT2D eigenvalue weighted by Crippen LogP contribution is 2.68. The van der Waals surface area contributed by atoms with Gasteiger partial charge in [-0.05, 0) is 72.2 Å². The molecule has 0 saturated heterocycles. The molecule has 1 amide bonds. The first kappa shape index (κ1) is 30.0. The first-order chi connectivity index (χ1) is 19.4. The van der Waals surface area contributed by atoms with Crippen LogP contribution in [0.4, 0.5) is 30.7 Å². The van der Waals surface area contributed by atoms with Crippen molar-refractivity contribution in [2.24, 2.45) is 5.92 Å². The van der Waals surface area contributed by atoms with Gasteiger partial charge in [0.15, 0.2) is 5.69 Å². The van der Waals surface area contributed by atoms with Crippen molar-refractivity contribution in [3.63, 3.8) is 0 Å². The van der Waals surface area contributed by atoms with Crippen molar-refractivity contribution in [3.8, 4) is 11.8 Å². The Balaban J connectivity index is 1.49. The van der Waals surface area contributed by atoms with Crippen LogP contribution in [0.25, 0.3) is 0 Å². The van der Waals surface area contributed by atoms with Crippen LogP contribution in [0.3, 0.4) is 0 Å². The van der Waals surface area contributed by atoms with Crippen molar-refractivity contribution in [1.29, 1.82) is 0 Å². The molecule has 1 aromatic carbocycles. The second kappa shape index (κ2) is 10.3. The van der Waals surface area contributed by atoms with Gasteiger partial charge in [-0.1, -0.05) is 5.92 Å². The topological polar surface area (TPSA) is 92.9 Å². The van der Waals surface area contributed by atoms with Crippen LogP contribution in [-0.2, 0) is 29.9 Å². The Labute approximate surface area is 242 Å². The molecular formula is C27H21BrF7N5O2. The zero-order valence-corrected chi connectivity index (χ0v) is 23.4. The SMILES string of the molecule is CC(C)(O)C#Cc1ncc(Br)c([C@H](Cc2cc(F)cc(F)c2)NC(=O)Cn2nc(C(F)(F)F)c3c2C(F)(F)[C@@H]2C[C@H]32)n1. The number of aliphatic hydroxyl groups is 1. The summed E-state index contributed by atoms with van der Waals surface area (Å²) in [7, 11) is 0. The number of amides is 1. The Kier molecular flexibility index (Phi) is 7.38. The third-order valence-corrected chi connectivity index (χ3v) is 7.38. The summed E-state index contributed by atoms with van der Waals surface area (Å²) in [6, 6.07) is 1.48. The number of carbonyl (C=O) groups excluding carboxylic acids is 1. The first-order valence-electron chi connectivity index (χ1n) is 12.5. The Morgan fingerprint density at radius 2 is 1.90 bits per heavy atom. The molecule has 5 rings (SSSR count). The summed E-state index contributed by atoms with van der Waals surface area (Å²) in [5, 5.41) is 15.8. The van der Waals surface area contributed by atoms with Crippen molar-refractivity contribution in [1.82, 2.24) is 25.1 Å². The van der Waals surface area contributed by atoms with Gasteiger partial charge in [-0.25, -0.2) is 18.7 Å². The number of carbonyl (C=O) groups is 1. The van der Waals surface area contributed by atoms with Crippen molar-refractivity contribution in [3.05, 3.63) is 74.5 Å². The van der Waals surface area contributed by atoms with Gasteiger partial charge in [-0.15, -0.1) is 0 Å². The Bertz CT molecular complexity index is 1620. The number of hydrogen-bond acceptors (Lipinski definition) is 5. The maximum absolute atomic E-state index is 14.9. The van der Waals surface area contributed by atoms with E-state index in [0.717, 1.165) is 12.1 Å².